The number of benzene rings is 2. The fourth-order valence-corrected chi connectivity index (χ4v) is 5.15. The lowest BCUT2D eigenvalue weighted by molar-refractivity contribution is -0.123. The molecule has 3 aromatic rings. The number of hydrogen-bond acceptors (Lipinski definition) is 6. The van der Waals surface area contributed by atoms with E-state index in [1.807, 2.05) is 6.92 Å². The number of aromatic nitrogens is 3. The Labute approximate surface area is 238 Å². The van der Waals surface area contributed by atoms with E-state index in [9.17, 15) is 14.0 Å². The van der Waals surface area contributed by atoms with Gasteiger partial charge in [0, 0.05) is 0 Å². The molecular weight excluding hydrogens is 529 g/mol. The molecule has 1 aliphatic rings. The van der Waals surface area contributed by atoms with Crippen molar-refractivity contribution in [1.29, 1.82) is 0 Å². The summed E-state index contributed by atoms with van der Waals surface area (Å²) in [6.45, 7) is 1.82. The predicted molar refractivity (Wildman–Crippen MR) is 153 cm³/mol. The monoisotopic (exact) mass is 567 g/mol. The number of methoxy groups -OCH3 is 2. The summed E-state index contributed by atoms with van der Waals surface area (Å²) in [6, 6.07) is 8.61. The van der Waals surface area contributed by atoms with E-state index < -0.39 is 17.9 Å². The molecule has 0 bridgehead atoms. The molecule has 2 atom stereocenters. The van der Waals surface area contributed by atoms with Crippen molar-refractivity contribution in [3.8, 4) is 22.9 Å². The lowest BCUT2D eigenvalue weighted by Crippen LogP contribution is -2.42. The highest BCUT2D eigenvalue weighted by atomic mass is 19.1. The van der Waals surface area contributed by atoms with Crippen LogP contribution in [0.4, 0.5) is 4.39 Å². The van der Waals surface area contributed by atoms with Crippen molar-refractivity contribution >= 4 is 17.8 Å². The number of ether oxygens (including phenoxy) is 2. The van der Waals surface area contributed by atoms with Crippen LogP contribution in [0.3, 0.4) is 0 Å². The molecule has 12 heteroatoms. The second-order valence-corrected chi connectivity index (χ2v) is 10.4. The maximum atomic E-state index is 14.3. The fourth-order valence-electron chi connectivity index (χ4n) is 5.15. The number of nitrogens with two attached hydrogens (primary N) is 1. The maximum absolute atomic E-state index is 14.3. The number of nitrogens with zero attached hydrogens (tertiary/aromatic N) is 2. The number of aromatic amines is 2. The van der Waals surface area contributed by atoms with Gasteiger partial charge in [0.15, 0.2) is 23.3 Å². The van der Waals surface area contributed by atoms with Crippen LogP contribution in [-0.4, -0.2) is 53.4 Å². The quantitative estimate of drug-likeness (QED) is 0.175. The second-order valence-electron chi connectivity index (χ2n) is 10.4. The Kier molecular flexibility index (Phi) is 9.99. The van der Waals surface area contributed by atoms with Crippen LogP contribution in [-0.2, 0) is 16.0 Å². The molecule has 0 spiro atoms. The third-order valence-corrected chi connectivity index (χ3v) is 7.41. The number of nitrogens with one attached hydrogen (secondary N) is 4. The first-order chi connectivity index (χ1) is 19.8. The molecule has 4 rings (SSSR count). The van der Waals surface area contributed by atoms with Gasteiger partial charge in [-0.15, -0.1) is 5.10 Å². The fraction of sp³-hybridized carbons (Fsp3) is 0.448. The lowest BCUT2D eigenvalue weighted by Gasteiger charge is -2.25. The predicted octanol–water partition coefficient (Wildman–Crippen LogP) is 3.75. The summed E-state index contributed by atoms with van der Waals surface area (Å²) < 4.78 is 24.9. The minimum absolute atomic E-state index is 0.0374. The van der Waals surface area contributed by atoms with Crippen molar-refractivity contribution in [3.63, 3.8) is 0 Å². The number of hydrogen-bond donors (Lipinski definition) is 5. The molecule has 0 radical (unpaired) electrons. The van der Waals surface area contributed by atoms with Gasteiger partial charge in [0.1, 0.15) is 11.9 Å². The zero-order chi connectivity index (χ0) is 29.4. The van der Waals surface area contributed by atoms with Crippen LogP contribution in [0.2, 0.25) is 0 Å². The van der Waals surface area contributed by atoms with E-state index in [1.165, 1.54) is 19.6 Å². The number of carbonyl (C=O) groups is 2. The SMILES string of the molecule is COc1ccc(CC(=O)NC(N)=N[C@H](CC2CCCCC2)C(=O)N[C@@H](C)c2ccc(F)c(-c3n[nH][nH]3)c2)cc1OC. The average molecular weight is 568 g/mol. The van der Waals surface area contributed by atoms with E-state index in [0.717, 1.165) is 25.7 Å². The van der Waals surface area contributed by atoms with Crippen molar-refractivity contribution < 1.29 is 23.5 Å². The van der Waals surface area contributed by atoms with E-state index in [0.29, 0.717) is 46.4 Å². The summed E-state index contributed by atoms with van der Waals surface area (Å²) in [5.74, 6) is 0.573. The van der Waals surface area contributed by atoms with Gasteiger partial charge in [-0.3, -0.25) is 20.0 Å². The zero-order valence-electron chi connectivity index (χ0n) is 23.6. The van der Waals surface area contributed by atoms with E-state index in [-0.39, 0.29) is 24.2 Å². The van der Waals surface area contributed by atoms with Crippen molar-refractivity contribution in [2.45, 2.75) is 64.0 Å². The number of guanidine groups is 1. The summed E-state index contributed by atoms with van der Waals surface area (Å²) in [7, 11) is 3.07. The Morgan fingerprint density at radius 2 is 1.85 bits per heavy atom. The first-order valence-corrected chi connectivity index (χ1v) is 13.8. The molecule has 11 nitrogen and oxygen atoms in total. The highest BCUT2D eigenvalue weighted by molar-refractivity contribution is 5.98. The molecule has 41 heavy (non-hydrogen) atoms. The smallest absolute Gasteiger partial charge is 0.245 e. The van der Waals surface area contributed by atoms with E-state index in [1.54, 1.807) is 37.4 Å². The molecule has 2 amide bonds. The van der Waals surface area contributed by atoms with E-state index in [2.05, 4.69) is 31.0 Å². The third kappa shape index (κ3) is 7.86. The van der Waals surface area contributed by atoms with Crippen molar-refractivity contribution in [3.05, 3.63) is 53.3 Å². The Hall–Kier alpha value is -4.35. The molecule has 220 valence electrons. The Morgan fingerprint density at radius 3 is 2.51 bits per heavy atom. The average Bonchev–Trinajstić information content (AvgIpc) is 2.93. The number of rotatable bonds is 11. The molecule has 2 aromatic carbocycles. The number of aliphatic imine (C=N–C) groups is 1. The van der Waals surface area contributed by atoms with Gasteiger partial charge in [-0.05, 0) is 54.7 Å². The molecule has 1 aliphatic carbocycles. The highest BCUT2D eigenvalue weighted by Gasteiger charge is 2.26. The largest absolute Gasteiger partial charge is 0.493 e. The normalized spacial score (nSPS) is 15.7. The summed E-state index contributed by atoms with van der Waals surface area (Å²) in [6.07, 6.45) is 6.01. The zero-order valence-corrected chi connectivity index (χ0v) is 23.6. The number of amides is 2. The molecule has 1 heterocycles. The lowest BCUT2D eigenvalue weighted by atomic mass is 9.84. The van der Waals surface area contributed by atoms with Gasteiger partial charge in [-0.1, -0.05) is 44.2 Å². The summed E-state index contributed by atoms with van der Waals surface area (Å²) in [5.41, 5.74) is 7.85. The molecule has 6 N–H and O–H groups in total. The molecule has 0 aliphatic heterocycles. The van der Waals surface area contributed by atoms with Gasteiger partial charge >= 0.3 is 0 Å². The highest BCUT2D eigenvalue weighted by Crippen LogP contribution is 2.30. The van der Waals surface area contributed by atoms with Crippen LogP contribution in [0.5, 0.6) is 11.5 Å². The van der Waals surface area contributed by atoms with Crippen LogP contribution in [0.15, 0.2) is 41.4 Å². The molecule has 1 fully saturated rings. The van der Waals surface area contributed by atoms with Gasteiger partial charge < -0.3 is 20.5 Å². The third-order valence-electron chi connectivity index (χ3n) is 7.41. The number of halogens is 1. The second kappa shape index (κ2) is 13.8. The van der Waals surface area contributed by atoms with Crippen LogP contribution in [0.25, 0.3) is 11.4 Å². The van der Waals surface area contributed by atoms with E-state index >= 15 is 0 Å². The summed E-state index contributed by atoms with van der Waals surface area (Å²) >= 11 is 0. The van der Waals surface area contributed by atoms with Crippen LogP contribution < -0.4 is 25.8 Å². The maximum Gasteiger partial charge on any atom is 0.245 e. The van der Waals surface area contributed by atoms with Gasteiger partial charge in [0.2, 0.25) is 11.8 Å². The van der Waals surface area contributed by atoms with E-state index in [4.69, 9.17) is 15.2 Å². The topological polar surface area (TPSA) is 160 Å². The standard InChI is InChI=1S/C29H38FN7O4/c1-17(20-10-11-22(30)21(16-20)27-35-37-36-27)32-28(39)23(13-18-7-5-4-6-8-18)33-29(31)34-26(38)15-19-9-12-24(40-2)25(14-19)41-3/h9-12,14,16-18,23,37H,4-8,13,15H2,1-3H3,(H,32,39)(H,35,36)(H3,31,33,34,38)/t17-,23+/m0/s1. The van der Waals surface area contributed by atoms with Gasteiger partial charge in [0.05, 0.1) is 32.2 Å². The summed E-state index contributed by atoms with van der Waals surface area (Å²) in [5, 5.41) is 14.7. The van der Waals surface area contributed by atoms with Crippen LogP contribution in [0, 0.1) is 11.7 Å². The van der Waals surface area contributed by atoms with Gasteiger partial charge in [-0.2, -0.15) is 0 Å². The van der Waals surface area contributed by atoms with Crippen molar-refractivity contribution in [2.75, 3.05) is 14.2 Å². The number of carbonyl (C=O) groups excluding carboxylic acids is 2. The van der Waals surface area contributed by atoms with Crippen molar-refractivity contribution in [2.24, 2.45) is 16.6 Å². The Bertz CT molecular complexity index is 1350. The minimum atomic E-state index is -0.788. The van der Waals surface area contributed by atoms with Gasteiger partial charge in [-0.25, -0.2) is 14.6 Å². The molecule has 1 aromatic heterocycles. The Balaban J connectivity index is 1.45. The number of H-pyrrole nitrogens is 2. The van der Waals surface area contributed by atoms with Gasteiger partial charge in [0.25, 0.3) is 0 Å². The van der Waals surface area contributed by atoms with Crippen LogP contribution in [0.1, 0.15) is 62.6 Å². The molecule has 1 saturated carbocycles. The molecule has 0 unspecified atom stereocenters. The molecular formula is C29H38FN7O4. The van der Waals surface area contributed by atoms with Crippen LogP contribution >= 0.6 is 0 Å². The van der Waals surface area contributed by atoms with Crippen molar-refractivity contribution in [1.82, 2.24) is 26.0 Å². The Morgan fingerprint density at radius 1 is 1.12 bits per heavy atom. The molecule has 0 saturated heterocycles. The first-order valence-electron chi connectivity index (χ1n) is 13.8. The first kappa shape index (κ1) is 29.6. The summed E-state index contributed by atoms with van der Waals surface area (Å²) in [4.78, 5) is 30.6. The minimum Gasteiger partial charge on any atom is -0.493 e.